The number of guanidine groups is 1. The molecule has 30 heavy (non-hydrogen) atoms. The largest absolute Gasteiger partial charge is 0.385 e. The molecular weight excluding hydrogens is 396 g/mol. The summed E-state index contributed by atoms with van der Waals surface area (Å²) in [6, 6.07) is 0.592. The van der Waals surface area contributed by atoms with Gasteiger partial charge in [0, 0.05) is 46.3 Å². The number of aryl methyl sites for hydroxylation is 1. The third-order valence-electron chi connectivity index (χ3n) is 6.83. The van der Waals surface area contributed by atoms with Crippen molar-refractivity contribution in [3.8, 4) is 0 Å². The highest BCUT2D eigenvalue weighted by molar-refractivity contribution is 7.98. The Morgan fingerprint density at radius 2 is 1.97 bits per heavy atom. The van der Waals surface area contributed by atoms with Gasteiger partial charge in [-0.05, 0) is 50.2 Å². The van der Waals surface area contributed by atoms with Crippen molar-refractivity contribution >= 4 is 17.7 Å². The fourth-order valence-corrected chi connectivity index (χ4v) is 5.62. The molecule has 0 unspecified atom stereocenters. The molecule has 0 aliphatic heterocycles. The Kier molecular flexibility index (Phi) is 9.30. The van der Waals surface area contributed by atoms with Crippen LogP contribution in [0.1, 0.15) is 76.1 Å². The summed E-state index contributed by atoms with van der Waals surface area (Å²) in [5, 5.41) is 17.1. The summed E-state index contributed by atoms with van der Waals surface area (Å²) in [5.41, 5.74) is 0.361. The van der Waals surface area contributed by atoms with Crippen molar-refractivity contribution < 1.29 is 4.74 Å². The van der Waals surface area contributed by atoms with Gasteiger partial charge in [0.2, 0.25) is 0 Å². The van der Waals surface area contributed by atoms with Crippen LogP contribution in [-0.4, -0.2) is 60.8 Å². The van der Waals surface area contributed by atoms with Crippen LogP contribution in [0.4, 0.5) is 0 Å². The van der Waals surface area contributed by atoms with E-state index in [4.69, 9.17) is 4.74 Å². The lowest BCUT2D eigenvalue weighted by Crippen LogP contribution is -2.43. The van der Waals surface area contributed by atoms with Gasteiger partial charge >= 0.3 is 0 Å². The van der Waals surface area contributed by atoms with E-state index in [0.29, 0.717) is 11.5 Å². The quantitative estimate of drug-likeness (QED) is 0.238. The van der Waals surface area contributed by atoms with E-state index < -0.39 is 0 Å². The van der Waals surface area contributed by atoms with E-state index in [1.54, 1.807) is 18.9 Å². The van der Waals surface area contributed by atoms with Gasteiger partial charge in [0.1, 0.15) is 5.82 Å². The van der Waals surface area contributed by atoms with E-state index in [1.165, 1.54) is 51.4 Å². The molecule has 1 aromatic rings. The molecule has 2 N–H and O–H groups in total. The Bertz CT molecular complexity index is 665. The molecular formula is C22H40N6OS. The van der Waals surface area contributed by atoms with Crippen LogP contribution in [0.15, 0.2) is 10.1 Å². The lowest BCUT2D eigenvalue weighted by Gasteiger charge is -2.30. The van der Waals surface area contributed by atoms with Crippen LogP contribution in [-0.2, 0) is 11.2 Å². The summed E-state index contributed by atoms with van der Waals surface area (Å²) < 4.78 is 7.76. The monoisotopic (exact) mass is 436 g/mol. The minimum atomic E-state index is 0.361. The first kappa shape index (κ1) is 23.4. The van der Waals surface area contributed by atoms with Crippen LogP contribution in [0.3, 0.4) is 0 Å². The van der Waals surface area contributed by atoms with Gasteiger partial charge in [-0.3, -0.25) is 4.99 Å². The number of rotatable bonds is 11. The highest BCUT2D eigenvalue weighted by Crippen LogP contribution is 2.40. The molecule has 0 amide bonds. The molecule has 0 radical (unpaired) electrons. The highest BCUT2D eigenvalue weighted by atomic mass is 32.2. The molecule has 3 rings (SSSR count). The Morgan fingerprint density at radius 1 is 1.20 bits per heavy atom. The van der Waals surface area contributed by atoms with Gasteiger partial charge in [0.15, 0.2) is 11.1 Å². The second kappa shape index (κ2) is 11.9. The standard InChI is InChI=1S/C22H40N6OS/c1-23-20(25-17-22(14-16-29-2)12-6-7-13-22)24-15-8-11-19-26-27-21(30-3)28(19)18-9-4-5-10-18/h18H,4-17H2,1-3H3,(H2,23,24,25). The number of ether oxygens (including phenoxy) is 1. The van der Waals surface area contributed by atoms with Gasteiger partial charge in [-0.25, -0.2) is 0 Å². The van der Waals surface area contributed by atoms with E-state index in [-0.39, 0.29) is 0 Å². The number of hydrogen-bond donors (Lipinski definition) is 2. The fraction of sp³-hybridized carbons (Fsp3) is 0.864. The Labute approximate surface area is 186 Å². The van der Waals surface area contributed by atoms with Crippen LogP contribution >= 0.6 is 11.8 Å². The molecule has 0 atom stereocenters. The van der Waals surface area contributed by atoms with Crippen LogP contribution < -0.4 is 10.6 Å². The lowest BCUT2D eigenvalue weighted by atomic mass is 9.83. The van der Waals surface area contributed by atoms with Gasteiger partial charge in [0.05, 0.1) is 0 Å². The second-order valence-electron chi connectivity index (χ2n) is 8.82. The van der Waals surface area contributed by atoms with Gasteiger partial charge in [-0.2, -0.15) is 0 Å². The van der Waals surface area contributed by atoms with E-state index in [0.717, 1.165) is 55.9 Å². The maximum Gasteiger partial charge on any atom is 0.191 e. The Hall–Kier alpha value is -1.28. The highest BCUT2D eigenvalue weighted by Gasteiger charge is 2.33. The van der Waals surface area contributed by atoms with Crippen molar-refractivity contribution in [3.63, 3.8) is 0 Å². The normalized spacial score (nSPS) is 19.5. The van der Waals surface area contributed by atoms with E-state index in [9.17, 15) is 0 Å². The average molecular weight is 437 g/mol. The molecule has 2 saturated carbocycles. The summed E-state index contributed by atoms with van der Waals surface area (Å²) in [5.74, 6) is 2.04. The third kappa shape index (κ3) is 6.13. The summed E-state index contributed by atoms with van der Waals surface area (Å²) in [6.07, 6.45) is 15.6. The van der Waals surface area contributed by atoms with Crippen molar-refractivity contribution in [2.24, 2.45) is 10.4 Å². The number of hydrogen-bond acceptors (Lipinski definition) is 5. The predicted octanol–water partition coefficient (Wildman–Crippen LogP) is 3.81. The number of nitrogens with zero attached hydrogens (tertiary/aromatic N) is 4. The summed E-state index contributed by atoms with van der Waals surface area (Å²) in [6.45, 7) is 2.70. The minimum Gasteiger partial charge on any atom is -0.385 e. The number of methoxy groups -OCH3 is 1. The smallest absolute Gasteiger partial charge is 0.191 e. The summed E-state index contributed by atoms with van der Waals surface area (Å²) in [7, 11) is 3.65. The Morgan fingerprint density at radius 3 is 2.63 bits per heavy atom. The minimum absolute atomic E-state index is 0.361. The number of thioether (sulfide) groups is 1. The van der Waals surface area contributed by atoms with Crippen molar-refractivity contribution in [2.75, 3.05) is 40.1 Å². The van der Waals surface area contributed by atoms with Gasteiger partial charge in [-0.1, -0.05) is 37.4 Å². The van der Waals surface area contributed by atoms with E-state index in [1.807, 2.05) is 7.05 Å². The predicted molar refractivity (Wildman–Crippen MR) is 124 cm³/mol. The Balaban J connectivity index is 1.45. The summed E-state index contributed by atoms with van der Waals surface area (Å²) in [4.78, 5) is 4.43. The molecule has 0 spiro atoms. The first-order valence-electron chi connectivity index (χ1n) is 11.6. The fourth-order valence-electron chi connectivity index (χ4n) is 5.05. The third-order valence-corrected chi connectivity index (χ3v) is 7.48. The zero-order chi connectivity index (χ0) is 21.2. The van der Waals surface area contributed by atoms with Crippen LogP contribution in [0.25, 0.3) is 0 Å². The lowest BCUT2D eigenvalue weighted by molar-refractivity contribution is 0.138. The van der Waals surface area contributed by atoms with Crippen LogP contribution in [0.5, 0.6) is 0 Å². The van der Waals surface area contributed by atoms with Gasteiger partial charge in [-0.15, -0.1) is 10.2 Å². The molecule has 170 valence electrons. The van der Waals surface area contributed by atoms with Crippen molar-refractivity contribution in [1.82, 2.24) is 25.4 Å². The molecule has 0 aromatic carbocycles. The molecule has 8 heteroatoms. The first-order chi connectivity index (χ1) is 14.7. The van der Waals surface area contributed by atoms with Crippen LogP contribution in [0.2, 0.25) is 0 Å². The first-order valence-corrected chi connectivity index (χ1v) is 12.8. The average Bonchev–Trinajstić information content (AvgIpc) is 3.52. The topological polar surface area (TPSA) is 76.4 Å². The van der Waals surface area contributed by atoms with Crippen LogP contribution in [0, 0.1) is 5.41 Å². The molecule has 1 aromatic heterocycles. The number of aromatic nitrogens is 3. The zero-order valence-electron chi connectivity index (χ0n) is 19.1. The maximum atomic E-state index is 5.35. The van der Waals surface area contributed by atoms with Gasteiger partial charge < -0.3 is 19.9 Å². The molecule has 0 saturated heterocycles. The zero-order valence-corrected chi connectivity index (χ0v) is 19.9. The van der Waals surface area contributed by atoms with Gasteiger partial charge in [0.25, 0.3) is 0 Å². The van der Waals surface area contributed by atoms with E-state index in [2.05, 4.69) is 36.6 Å². The molecule has 1 heterocycles. The number of aliphatic imine (C=N–C) groups is 1. The van der Waals surface area contributed by atoms with Crippen molar-refractivity contribution in [2.45, 2.75) is 81.8 Å². The van der Waals surface area contributed by atoms with E-state index >= 15 is 0 Å². The maximum absolute atomic E-state index is 5.35. The SMILES string of the molecule is CN=C(NCCCc1nnc(SC)n1C1CCCC1)NCC1(CCOC)CCCC1. The number of nitrogens with one attached hydrogen (secondary N) is 2. The molecule has 2 fully saturated rings. The molecule has 0 bridgehead atoms. The summed E-state index contributed by atoms with van der Waals surface area (Å²) >= 11 is 1.71. The molecule has 2 aliphatic carbocycles. The van der Waals surface area contributed by atoms with Crippen molar-refractivity contribution in [3.05, 3.63) is 5.82 Å². The molecule has 2 aliphatic rings. The van der Waals surface area contributed by atoms with Crippen molar-refractivity contribution in [1.29, 1.82) is 0 Å². The molecule has 7 nitrogen and oxygen atoms in total. The second-order valence-corrected chi connectivity index (χ2v) is 9.59.